The van der Waals surface area contributed by atoms with Crippen LogP contribution in [0, 0.1) is 13.8 Å². The van der Waals surface area contributed by atoms with Gasteiger partial charge >= 0.3 is 0 Å². The van der Waals surface area contributed by atoms with Gasteiger partial charge in [0.25, 0.3) is 5.91 Å². The van der Waals surface area contributed by atoms with Crippen molar-refractivity contribution in [1.29, 1.82) is 0 Å². The third-order valence-electron chi connectivity index (χ3n) is 3.31. The first kappa shape index (κ1) is 14.4. The van der Waals surface area contributed by atoms with Crippen molar-refractivity contribution in [2.75, 3.05) is 0 Å². The summed E-state index contributed by atoms with van der Waals surface area (Å²) in [5.74, 6) is -0.249. The van der Waals surface area contributed by atoms with E-state index in [-0.39, 0.29) is 5.91 Å². The van der Waals surface area contributed by atoms with E-state index in [4.69, 9.17) is 0 Å². The molecule has 0 radical (unpaired) electrons. The molecular weight excluding hydrogens is 294 g/mol. The Morgan fingerprint density at radius 1 is 1.27 bits per heavy atom. The minimum atomic E-state index is -0.249. The molecule has 0 aliphatic carbocycles. The maximum Gasteiger partial charge on any atom is 0.273 e. The molecule has 0 spiro atoms. The first-order chi connectivity index (χ1) is 10.6. The number of hydrazone groups is 1. The predicted octanol–water partition coefficient (Wildman–Crippen LogP) is 3.68. The Morgan fingerprint density at radius 2 is 2.14 bits per heavy atom. The number of thiophene rings is 1. The van der Waals surface area contributed by atoms with Crippen LogP contribution in [-0.2, 0) is 0 Å². The van der Waals surface area contributed by atoms with Crippen molar-refractivity contribution in [1.82, 2.24) is 10.4 Å². The first-order valence-corrected chi connectivity index (χ1v) is 7.76. The van der Waals surface area contributed by atoms with Gasteiger partial charge < -0.3 is 0 Å². The molecule has 2 aromatic heterocycles. The van der Waals surface area contributed by atoms with Crippen LogP contribution in [0.4, 0.5) is 0 Å². The highest BCUT2D eigenvalue weighted by molar-refractivity contribution is 7.11. The van der Waals surface area contributed by atoms with Gasteiger partial charge in [-0.25, -0.2) is 5.43 Å². The number of hydrogen-bond donors (Lipinski definition) is 1. The quantitative estimate of drug-likeness (QED) is 0.593. The third-order valence-corrected chi connectivity index (χ3v) is 4.11. The van der Waals surface area contributed by atoms with Crippen LogP contribution in [0.3, 0.4) is 0 Å². The predicted molar refractivity (Wildman–Crippen MR) is 90.6 cm³/mol. The molecule has 5 heteroatoms. The molecule has 0 saturated carbocycles. The van der Waals surface area contributed by atoms with E-state index in [0.29, 0.717) is 11.3 Å². The number of nitrogens with one attached hydrogen (secondary N) is 1. The van der Waals surface area contributed by atoms with Crippen LogP contribution in [0.2, 0.25) is 0 Å². The van der Waals surface area contributed by atoms with Gasteiger partial charge in [-0.2, -0.15) is 5.10 Å². The second-order valence-electron chi connectivity index (χ2n) is 5.03. The summed E-state index contributed by atoms with van der Waals surface area (Å²) in [6.45, 7) is 3.85. The topological polar surface area (TPSA) is 54.4 Å². The van der Waals surface area contributed by atoms with Crippen molar-refractivity contribution in [2.45, 2.75) is 13.8 Å². The van der Waals surface area contributed by atoms with Crippen molar-refractivity contribution in [3.8, 4) is 0 Å². The fraction of sp³-hybridized carbons (Fsp3) is 0.118. The molecule has 110 valence electrons. The van der Waals surface area contributed by atoms with Gasteiger partial charge in [0.15, 0.2) is 0 Å². The number of nitrogens with zero attached hydrogens (tertiary/aromatic N) is 2. The Hall–Kier alpha value is -2.53. The van der Waals surface area contributed by atoms with E-state index in [2.05, 4.69) is 15.5 Å². The Balaban J connectivity index is 1.85. The first-order valence-electron chi connectivity index (χ1n) is 6.88. The van der Waals surface area contributed by atoms with E-state index < -0.39 is 0 Å². The summed E-state index contributed by atoms with van der Waals surface area (Å²) >= 11 is 1.56. The summed E-state index contributed by atoms with van der Waals surface area (Å²) in [4.78, 5) is 17.7. The summed E-state index contributed by atoms with van der Waals surface area (Å²) < 4.78 is 0. The van der Waals surface area contributed by atoms with Crippen molar-refractivity contribution in [2.24, 2.45) is 5.10 Å². The molecule has 3 rings (SSSR count). The second kappa shape index (κ2) is 6.07. The van der Waals surface area contributed by atoms with E-state index in [1.54, 1.807) is 17.6 Å². The number of aryl methyl sites for hydroxylation is 2. The zero-order valence-electron chi connectivity index (χ0n) is 12.3. The number of amides is 1. The van der Waals surface area contributed by atoms with E-state index in [1.807, 2.05) is 55.6 Å². The molecule has 0 aliphatic heterocycles. The average molecular weight is 309 g/mol. The standard InChI is InChI=1S/C17H15N3OS/c1-11-5-6-16-13(8-11)9-15(12(2)19-16)17(21)20-18-10-14-4-3-7-22-14/h3-10H,1-2H3,(H,20,21). The Morgan fingerprint density at radius 3 is 2.91 bits per heavy atom. The normalized spacial score (nSPS) is 11.2. The van der Waals surface area contributed by atoms with E-state index in [9.17, 15) is 4.79 Å². The van der Waals surface area contributed by atoms with Crippen molar-refractivity contribution < 1.29 is 4.79 Å². The summed E-state index contributed by atoms with van der Waals surface area (Å²) in [6, 6.07) is 11.7. The zero-order chi connectivity index (χ0) is 15.5. The van der Waals surface area contributed by atoms with Gasteiger partial charge in [0.1, 0.15) is 0 Å². The number of carbonyl (C=O) groups excluding carboxylic acids is 1. The van der Waals surface area contributed by atoms with E-state index in [1.165, 1.54) is 0 Å². The molecule has 0 unspecified atom stereocenters. The number of rotatable bonds is 3. The molecular formula is C17H15N3OS. The third kappa shape index (κ3) is 3.04. The molecule has 0 saturated heterocycles. The van der Waals surface area contributed by atoms with Crippen LogP contribution in [0.5, 0.6) is 0 Å². The highest BCUT2D eigenvalue weighted by atomic mass is 32.1. The molecule has 2 heterocycles. The van der Waals surface area contributed by atoms with Crippen molar-refractivity contribution >= 4 is 34.4 Å². The highest BCUT2D eigenvalue weighted by Crippen LogP contribution is 2.18. The molecule has 1 aromatic carbocycles. The van der Waals surface area contributed by atoms with Crippen LogP contribution >= 0.6 is 11.3 Å². The van der Waals surface area contributed by atoms with Gasteiger partial charge in [-0.3, -0.25) is 9.78 Å². The average Bonchev–Trinajstić information content (AvgIpc) is 3.00. The summed E-state index contributed by atoms with van der Waals surface area (Å²) in [5.41, 5.74) is 5.82. The highest BCUT2D eigenvalue weighted by Gasteiger charge is 2.11. The van der Waals surface area contributed by atoms with Crippen molar-refractivity contribution in [3.05, 3.63) is 63.5 Å². The summed E-state index contributed by atoms with van der Waals surface area (Å²) in [7, 11) is 0. The van der Waals surface area contributed by atoms with Crippen molar-refractivity contribution in [3.63, 3.8) is 0 Å². The minimum Gasteiger partial charge on any atom is -0.267 e. The maximum absolute atomic E-state index is 12.3. The van der Waals surface area contributed by atoms with Crippen LogP contribution in [-0.4, -0.2) is 17.1 Å². The fourth-order valence-electron chi connectivity index (χ4n) is 2.20. The molecule has 1 N–H and O–H groups in total. The zero-order valence-corrected chi connectivity index (χ0v) is 13.1. The Bertz CT molecular complexity index is 854. The van der Waals surface area contributed by atoms with Gasteiger partial charge in [-0.15, -0.1) is 11.3 Å². The Labute approximate surface area is 132 Å². The molecule has 0 atom stereocenters. The number of carbonyl (C=O) groups is 1. The fourth-order valence-corrected chi connectivity index (χ4v) is 2.79. The number of hydrogen-bond acceptors (Lipinski definition) is 4. The number of benzene rings is 1. The van der Waals surface area contributed by atoms with Gasteiger partial charge in [0.2, 0.25) is 0 Å². The molecule has 0 bridgehead atoms. The Kier molecular flexibility index (Phi) is 3.98. The molecule has 0 fully saturated rings. The van der Waals surface area contributed by atoms with Gasteiger partial charge in [-0.05, 0) is 43.5 Å². The lowest BCUT2D eigenvalue weighted by molar-refractivity contribution is 0.0954. The molecule has 0 aliphatic rings. The lowest BCUT2D eigenvalue weighted by atomic mass is 10.1. The number of aromatic nitrogens is 1. The van der Waals surface area contributed by atoms with Gasteiger partial charge in [0.05, 0.1) is 23.0 Å². The maximum atomic E-state index is 12.3. The van der Waals surface area contributed by atoms with Gasteiger partial charge in [0, 0.05) is 10.3 Å². The van der Waals surface area contributed by atoms with E-state index in [0.717, 1.165) is 21.3 Å². The molecule has 3 aromatic rings. The molecule has 1 amide bonds. The SMILES string of the molecule is Cc1ccc2nc(C)c(C(=O)NN=Cc3cccs3)cc2c1. The van der Waals surface area contributed by atoms with Gasteiger partial charge in [-0.1, -0.05) is 17.7 Å². The van der Waals surface area contributed by atoms with E-state index >= 15 is 0 Å². The smallest absolute Gasteiger partial charge is 0.267 e. The minimum absolute atomic E-state index is 0.249. The van der Waals surface area contributed by atoms with Crippen LogP contribution in [0.25, 0.3) is 10.9 Å². The van der Waals surface area contributed by atoms with Crippen LogP contribution in [0.1, 0.15) is 26.5 Å². The number of fused-ring (bicyclic) bond motifs is 1. The van der Waals surface area contributed by atoms with Crippen LogP contribution in [0.15, 0.2) is 46.9 Å². The second-order valence-corrected chi connectivity index (χ2v) is 6.01. The summed E-state index contributed by atoms with van der Waals surface area (Å²) in [6.07, 6.45) is 1.64. The summed E-state index contributed by atoms with van der Waals surface area (Å²) in [5, 5.41) is 6.90. The lowest BCUT2D eigenvalue weighted by Crippen LogP contribution is -2.19. The largest absolute Gasteiger partial charge is 0.273 e. The number of pyridine rings is 1. The molecule has 22 heavy (non-hydrogen) atoms. The molecule has 4 nitrogen and oxygen atoms in total. The van der Waals surface area contributed by atoms with Crippen LogP contribution < -0.4 is 5.43 Å². The monoisotopic (exact) mass is 309 g/mol. The lowest BCUT2D eigenvalue weighted by Gasteiger charge is -2.06.